The minimum absolute atomic E-state index is 0.0392. The molecule has 1 unspecified atom stereocenters. The molecule has 1 aromatic carbocycles. The smallest absolute Gasteiger partial charge is 0.349 e. The highest BCUT2D eigenvalue weighted by Crippen LogP contribution is 2.14. The summed E-state index contributed by atoms with van der Waals surface area (Å²) in [7, 11) is 1.30. The molecule has 2 aromatic rings. The van der Waals surface area contributed by atoms with E-state index in [4.69, 9.17) is 4.42 Å². The topological polar surface area (TPSA) is 76.8 Å². The molecule has 0 aliphatic carbocycles. The average Bonchev–Trinajstić information content (AvgIpc) is 2.57. The van der Waals surface area contributed by atoms with Crippen LogP contribution in [-0.2, 0) is 9.53 Å². The first-order valence-electron chi connectivity index (χ1n) is 7.38. The Hall–Kier alpha value is -2.63. The van der Waals surface area contributed by atoms with Gasteiger partial charge in [-0.15, -0.1) is 0 Å². The number of nitrogens with zero attached hydrogens (tertiary/aromatic N) is 1. The molecule has 0 radical (unpaired) electrons. The number of amides is 1. The molecule has 1 heterocycles. The van der Waals surface area contributed by atoms with Crippen LogP contribution < -0.4 is 5.63 Å². The van der Waals surface area contributed by atoms with Crippen LogP contribution in [-0.4, -0.2) is 37.0 Å². The molecular formula is C17H19NO5. The Morgan fingerprint density at radius 2 is 2.00 bits per heavy atom. The van der Waals surface area contributed by atoms with Gasteiger partial charge in [-0.3, -0.25) is 9.59 Å². The van der Waals surface area contributed by atoms with Gasteiger partial charge in [0.25, 0.3) is 5.91 Å². The lowest BCUT2D eigenvalue weighted by Crippen LogP contribution is -2.39. The Labute approximate surface area is 133 Å². The van der Waals surface area contributed by atoms with Gasteiger partial charge in [0.15, 0.2) is 0 Å². The number of carbonyl (C=O) groups excluding carboxylic acids is 2. The number of carbonyl (C=O) groups is 2. The second-order valence-corrected chi connectivity index (χ2v) is 5.25. The Balaban J connectivity index is 2.32. The maximum absolute atomic E-state index is 12.6. The molecule has 0 spiro atoms. The fourth-order valence-corrected chi connectivity index (χ4v) is 2.34. The maximum atomic E-state index is 12.6. The van der Waals surface area contributed by atoms with Crippen molar-refractivity contribution in [2.45, 2.75) is 13.8 Å². The van der Waals surface area contributed by atoms with Gasteiger partial charge < -0.3 is 14.1 Å². The first-order valence-corrected chi connectivity index (χ1v) is 7.38. The number of ether oxygens (including phenoxy) is 1. The highest BCUT2D eigenvalue weighted by Gasteiger charge is 2.24. The summed E-state index contributed by atoms with van der Waals surface area (Å²) in [4.78, 5) is 37.6. The van der Waals surface area contributed by atoms with Crippen LogP contribution in [0, 0.1) is 5.92 Å². The van der Waals surface area contributed by atoms with Crippen LogP contribution in [0.2, 0.25) is 0 Å². The molecule has 1 atom stereocenters. The molecule has 1 aromatic heterocycles. The van der Waals surface area contributed by atoms with Crippen molar-refractivity contribution in [3.05, 3.63) is 46.3 Å². The molecular weight excluding hydrogens is 298 g/mol. The largest absolute Gasteiger partial charge is 0.469 e. The van der Waals surface area contributed by atoms with Gasteiger partial charge in [-0.05, 0) is 19.1 Å². The fraction of sp³-hybridized carbons (Fsp3) is 0.353. The van der Waals surface area contributed by atoms with Crippen molar-refractivity contribution in [1.82, 2.24) is 4.90 Å². The number of para-hydroxylation sites is 1. The van der Waals surface area contributed by atoms with Crippen molar-refractivity contribution in [2.75, 3.05) is 20.2 Å². The summed E-state index contributed by atoms with van der Waals surface area (Å²) in [5, 5.41) is 0.674. The molecule has 0 saturated heterocycles. The van der Waals surface area contributed by atoms with Crippen molar-refractivity contribution in [3.63, 3.8) is 0 Å². The summed E-state index contributed by atoms with van der Waals surface area (Å²) in [5.74, 6) is -1.33. The van der Waals surface area contributed by atoms with Crippen molar-refractivity contribution in [1.29, 1.82) is 0 Å². The van der Waals surface area contributed by atoms with Crippen LogP contribution in [0.1, 0.15) is 24.2 Å². The number of hydrogen-bond acceptors (Lipinski definition) is 5. The molecule has 2 rings (SSSR count). The van der Waals surface area contributed by atoms with Crippen molar-refractivity contribution in [2.24, 2.45) is 5.92 Å². The van der Waals surface area contributed by atoms with E-state index in [2.05, 4.69) is 4.74 Å². The van der Waals surface area contributed by atoms with E-state index in [-0.39, 0.29) is 12.1 Å². The van der Waals surface area contributed by atoms with Gasteiger partial charge in [-0.2, -0.15) is 0 Å². The Bertz CT molecular complexity index is 780. The van der Waals surface area contributed by atoms with E-state index >= 15 is 0 Å². The van der Waals surface area contributed by atoms with E-state index in [1.807, 2.05) is 0 Å². The highest BCUT2D eigenvalue weighted by molar-refractivity contribution is 5.96. The summed E-state index contributed by atoms with van der Waals surface area (Å²) in [6, 6.07) is 8.51. The van der Waals surface area contributed by atoms with Crippen LogP contribution in [0.4, 0.5) is 0 Å². The number of benzene rings is 1. The van der Waals surface area contributed by atoms with Crippen LogP contribution >= 0.6 is 0 Å². The fourth-order valence-electron chi connectivity index (χ4n) is 2.34. The van der Waals surface area contributed by atoms with Gasteiger partial charge in [0.2, 0.25) is 0 Å². The molecule has 23 heavy (non-hydrogen) atoms. The SMILES string of the molecule is CCN(CC(C)C(=O)OC)C(=O)c1cc2ccccc2oc1=O. The van der Waals surface area contributed by atoms with Crippen molar-refractivity contribution in [3.8, 4) is 0 Å². The molecule has 6 nitrogen and oxygen atoms in total. The molecule has 0 aliphatic rings. The second kappa shape index (κ2) is 7.09. The van der Waals surface area contributed by atoms with E-state index in [9.17, 15) is 14.4 Å². The summed E-state index contributed by atoms with van der Waals surface area (Å²) in [6.07, 6.45) is 0. The first-order chi connectivity index (χ1) is 11.0. The third kappa shape index (κ3) is 3.59. The highest BCUT2D eigenvalue weighted by atomic mass is 16.5. The lowest BCUT2D eigenvalue weighted by molar-refractivity contribution is -0.145. The summed E-state index contributed by atoms with van der Waals surface area (Å²) < 4.78 is 9.85. The van der Waals surface area contributed by atoms with Gasteiger partial charge in [0, 0.05) is 18.5 Å². The normalized spacial score (nSPS) is 12.0. The molecule has 0 N–H and O–H groups in total. The molecule has 1 amide bonds. The average molecular weight is 317 g/mol. The van der Waals surface area contributed by atoms with E-state index in [1.54, 1.807) is 38.1 Å². The van der Waals surface area contributed by atoms with Crippen LogP contribution in [0.3, 0.4) is 0 Å². The zero-order valence-electron chi connectivity index (χ0n) is 13.4. The quantitative estimate of drug-likeness (QED) is 0.623. The van der Waals surface area contributed by atoms with Crippen molar-refractivity contribution >= 4 is 22.8 Å². The van der Waals surface area contributed by atoms with Gasteiger partial charge in [-0.25, -0.2) is 4.79 Å². The van der Waals surface area contributed by atoms with Crippen LogP contribution in [0.15, 0.2) is 39.5 Å². The number of esters is 1. The predicted molar refractivity (Wildman–Crippen MR) is 85.2 cm³/mol. The monoisotopic (exact) mass is 317 g/mol. The zero-order valence-corrected chi connectivity index (χ0v) is 13.4. The lowest BCUT2D eigenvalue weighted by atomic mass is 10.1. The second-order valence-electron chi connectivity index (χ2n) is 5.25. The number of fused-ring (bicyclic) bond motifs is 1. The third-order valence-corrected chi connectivity index (χ3v) is 3.64. The number of methoxy groups -OCH3 is 1. The standard InChI is InChI=1S/C17H19NO5/c1-4-18(10-11(2)16(20)22-3)15(19)13-9-12-7-5-6-8-14(12)23-17(13)21/h5-9,11H,4,10H2,1-3H3. The molecule has 0 aliphatic heterocycles. The molecule has 0 fully saturated rings. The Kier molecular flexibility index (Phi) is 5.16. The van der Waals surface area contributed by atoms with Crippen LogP contribution in [0.25, 0.3) is 11.0 Å². The zero-order chi connectivity index (χ0) is 17.0. The number of rotatable bonds is 5. The van der Waals surface area contributed by atoms with Gasteiger partial charge in [-0.1, -0.05) is 25.1 Å². The van der Waals surface area contributed by atoms with Gasteiger partial charge in [0.1, 0.15) is 11.1 Å². The summed E-state index contributed by atoms with van der Waals surface area (Å²) in [6.45, 7) is 4.00. The third-order valence-electron chi connectivity index (χ3n) is 3.64. The Morgan fingerprint density at radius 3 is 2.65 bits per heavy atom. The molecule has 6 heteroatoms. The van der Waals surface area contributed by atoms with Crippen LogP contribution in [0.5, 0.6) is 0 Å². The molecule has 0 bridgehead atoms. The van der Waals surface area contributed by atoms with Gasteiger partial charge in [0.05, 0.1) is 13.0 Å². The number of hydrogen-bond donors (Lipinski definition) is 0. The van der Waals surface area contributed by atoms with E-state index in [0.717, 1.165) is 0 Å². The minimum Gasteiger partial charge on any atom is -0.469 e. The van der Waals surface area contributed by atoms with Crippen molar-refractivity contribution < 1.29 is 18.7 Å². The van der Waals surface area contributed by atoms with E-state index in [1.165, 1.54) is 18.1 Å². The molecule has 122 valence electrons. The Morgan fingerprint density at radius 1 is 1.30 bits per heavy atom. The summed E-state index contributed by atoms with van der Waals surface area (Å²) >= 11 is 0. The molecule has 0 saturated carbocycles. The minimum atomic E-state index is -0.683. The van der Waals surface area contributed by atoms with Gasteiger partial charge >= 0.3 is 11.6 Å². The van der Waals surface area contributed by atoms with E-state index in [0.29, 0.717) is 17.5 Å². The maximum Gasteiger partial charge on any atom is 0.349 e. The summed E-state index contributed by atoms with van der Waals surface area (Å²) in [5.41, 5.74) is -0.291. The first kappa shape index (κ1) is 16.7. The predicted octanol–water partition coefficient (Wildman–Crippen LogP) is 2.06. The lowest BCUT2D eigenvalue weighted by Gasteiger charge is -2.23. The van der Waals surface area contributed by atoms with E-state index < -0.39 is 23.4 Å².